The van der Waals surface area contributed by atoms with Crippen LogP contribution < -0.4 is 9.47 Å². The number of thioether (sulfide) groups is 1. The fourth-order valence-corrected chi connectivity index (χ4v) is 2.37. The number of hydrogen-bond acceptors (Lipinski definition) is 4. The Bertz CT molecular complexity index is 418. The van der Waals surface area contributed by atoms with E-state index in [1.54, 1.807) is 14.2 Å². The van der Waals surface area contributed by atoms with Crippen molar-refractivity contribution in [3.63, 3.8) is 0 Å². The van der Waals surface area contributed by atoms with Crippen molar-refractivity contribution < 1.29 is 9.47 Å². The van der Waals surface area contributed by atoms with E-state index in [1.165, 1.54) is 17.3 Å². The number of benzene rings is 1. The van der Waals surface area contributed by atoms with Crippen LogP contribution in [0.3, 0.4) is 0 Å². The van der Waals surface area contributed by atoms with Crippen molar-refractivity contribution in [3.8, 4) is 16.9 Å². The molecule has 0 fully saturated rings. The van der Waals surface area contributed by atoms with Crippen LogP contribution >= 0.6 is 27.7 Å². The van der Waals surface area contributed by atoms with Gasteiger partial charge in [0.05, 0.1) is 14.2 Å². The molecule has 0 N–H and O–H groups in total. The third-order valence-electron chi connectivity index (χ3n) is 2.31. The van der Waals surface area contributed by atoms with Crippen molar-refractivity contribution >= 4 is 27.7 Å². The monoisotopic (exact) mass is 315 g/mol. The Kier molecular flexibility index (Phi) is 6.23. The van der Waals surface area contributed by atoms with Gasteiger partial charge in [0, 0.05) is 10.2 Å². The van der Waals surface area contributed by atoms with Gasteiger partial charge in [-0.2, -0.15) is 5.26 Å². The van der Waals surface area contributed by atoms with E-state index in [0.29, 0.717) is 0 Å². The smallest absolute Gasteiger partial charge is 0.161 e. The van der Waals surface area contributed by atoms with E-state index in [9.17, 15) is 0 Å². The van der Waals surface area contributed by atoms with Crippen molar-refractivity contribution in [2.24, 2.45) is 0 Å². The molecule has 1 rings (SSSR count). The first-order chi connectivity index (χ1) is 8.22. The number of thiocyanates is 1. The maximum atomic E-state index is 8.44. The third kappa shape index (κ3) is 4.14. The summed E-state index contributed by atoms with van der Waals surface area (Å²) in [4.78, 5) is 0. The zero-order chi connectivity index (χ0) is 12.7. The van der Waals surface area contributed by atoms with E-state index in [2.05, 4.69) is 21.3 Å². The number of hydrogen-bond donors (Lipinski definition) is 0. The molecule has 0 amide bonds. The van der Waals surface area contributed by atoms with E-state index >= 15 is 0 Å². The van der Waals surface area contributed by atoms with Crippen LogP contribution in [0.15, 0.2) is 16.6 Å². The second kappa shape index (κ2) is 7.46. The van der Waals surface area contributed by atoms with Crippen molar-refractivity contribution in [1.82, 2.24) is 0 Å². The molecule has 0 aromatic heterocycles. The number of rotatable bonds is 6. The zero-order valence-corrected chi connectivity index (χ0v) is 12.2. The van der Waals surface area contributed by atoms with Gasteiger partial charge in [0.2, 0.25) is 0 Å². The lowest BCUT2D eigenvalue weighted by Crippen LogP contribution is -1.95. The maximum absolute atomic E-state index is 8.44. The van der Waals surface area contributed by atoms with Crippen LogP contribution in [0.2, 0.25) is 0 Å². The number of halogens is 1. The lowest BCUT2D eigenvalue weighted by molar-refractivity contribution is 0.354. The number of nitriles is 1. The topological polar surface area (TPSA) is 42.2 Å². The molecule has 0 atom stereocenters. The van der Waals surface area contributed by atoms with Crippen LogP contribution in [-0.4, -0.2) is 20.0 Å². The predicted octanol–water partition coefficient (Wildman–Crippen LogP) is 3.61. The fraction of sp³-hybridized carbons (Fsp3) is 0.417. The summed E-state index contributed by atoms with van der Waals surface area (Å²) < 4.78 is 11.5. The van der Waals surface area contributed by atoms with Crippen LogP contribution in [0.1, 0.15) is 12.0 Å². The molecule has 92 valence electrons. The van der Waals surface area contributed by atoms with Crippen molar-refractivity contribution in [1.29, 1.82) is 5.26 Å². The SMILES string of the molecule is COc1cc(Br)c(CCCSC#N)cc1OC. The molecule has 0 heterocycles. The quantitative estimate of drug-likeness (QED) is 0.594. The Morgan fingerprint density at radius 3 is 2.53 bits per heavy atom. The highest BCUT2D eigenvalue weighted by Gasteiger charge is 2.09. The molecule has 1 aromatic carbocycles. The second-order valence-corrected chi connectivity index (χ2v) is 5.08. The lowest BCUT2D eigenvalue weighted by Gasteiger charge is -2.11. The van der Waals surface area contributed by atoms with Gasteiger partial charge < -0.3 is 9.47 Å². The van der Waals surface area contributed by atoms with Crippen LogP contribution in [-0.2, 0) is 6.42 Å². The van der Waals surface area contributed by atoms with Gasteiger partial charge >= 0.3 is 0 Å². The first-order valence-electron chi connectivity index (χ1n) is 5.14. The Balaban J connectivity index is 2.75. The van der Waals surface area contributed by atoms with Crippen LogP contribution in [0.25, 0.3) is 0 Å². The summed E-state index contributed by atoms with van der Waals surface area (Å²) in [5.41, 5.74) is 1.17. The van der Waals surface area contributed by atoms with Gasteiger partial charge in [-0.15, -0.1) is 0 Å². The Morgan fingerprint density at radius 2 is 1.94 bits per heavy atom. The van der Waals surface area contributed by atoms with E-state index in [1.807, 2.05) is 12.1 Å². The largest absolute Gasteiger partial charge is 0.493 e. The molecule has 0 bridgehead atoms. The minimum atomic E-state index is 0.717. The summed E-state index contributed by atoms with van der Waals surface area (Å²) in [5, 5.41) is 10.5. The van der Waals surface area contributed by atoms with Gasteiger partial charge in [-0.3, -0.25) is 0 Å². The van der Waals surface area contributed by atoms with Crippen molar-refractivity contribution in [3.05, 3.63) is 22.2 Å². The van der Waals surface area contributed by atoms with Crippen LogP contribution in [0, 0.1) is 10.7 Å². The molecule has 0 aliphatic carbocycles. The molecule has 0 aliphatic rings. The first kappa shape index (κ1) is 14.2. The van der Waals surface area contributed by atoms with Crippen LogP contribution in [0.5, 0.6) is 11.5 Å². The molecular weight excluding hydrogens is 302 g/mol. The van der Waals surface area contributed by atoms with Crippen molar-refractivity contribution in [2.45, 2.75) is 12.8 Å². The Morgan fingerprint density at radius 1 is 1.29 bits per heavy atom. The Hall–Kier alpha value is -0.860. The van der Waals surface area contributed by atoms with Gasteiger partial charge in [-0.05, 0) is 42.3 Å². The molecule has 17 heavy (non-hydrogen) atoms. The minimum absolute atomic E-state index is 0.717. The van der Waals surface area contributed by atoms with Crippen molar-refractivity contribution in [2.75, 3.05) is 20.0 Å². The van der Waals surface area contributed by atoms with Crippen LogP contribution in [0.4, 0.5) is 0 Å². The second-order valence-electron chi connectivity index (χ2n) is 3.34. The summed E-state index contributed by atoms with van der Waals surface area (Å²) in [6.07, 6.45) is 1.88. The first-order valence-corrected chi connectivity index (χ1v) is 6.92. The van der Waals surface area contributed by atoms with Gasteiger partial charge in [0.15, 0.2) is 11.5 Å². The average Bonchev–Trinajstić information content (AvgIpc) is 2.35. The van der Waals surface area contributed by atoms with E-state index in [0.717, 1.165) is 34.6 Å². The molecule has 5 heteroatoms. The normalized spacial score (nSPS) is 9.76. The molecule has 0 spiro atoms. The van der Waals surface area contributed by atoms with E-state index < -0.39 is 0 Å². The lowest BCUT2D eigenvalue weighted by atomic mass is 10.1. The molecule has 0 saturated carbocycles. The van der Waals surface area contributed by atoms with E-state index in [-0.39, 0.29) is 0 Å². The highest BCUT2D eigenvalue weighted by atomic mass is 79.9. The molecule has 0 radical (unpaired) electrons. The summed E-state index contributed by atoms with van der Waals surface area (Å²) >= 11 is 4.80. The van der Waals surface area contributed by atoms with Gasteiger partial charge in [0.25, 0.3) is 0 Å². The highest BCUT2D eigenvalue weighted by Crippen LogP contribution is 2.33. The van der Waals surface area contributed by atoms with E-state index in [4.69, 9.17) is 14.7 Å². The average molecular weight is 316 g/mol. The molecular formula is C12H14BrNO2S. The van der Waals surface area contributed by atoms with Gasteiger partial charge in [-0.25, -0.2) is 0 Å². The number of methoxy groups -OCH3 is 2. The summed E-state index contributed by atoms with van der Waals surface area (Å²) in [7, 11) is 3.24. The number of aryl methyl sites for hydroxylation is 1. The summed E-state index contributed by atoms with van der Waals surface area (Å²) in [6.45, 7) is 0. The minimum Gasteiger partial charge on any atom is -0.493 e. The summed E-state index contributed by atoms with van der Waals surface area (Å²) in [6, 6.07) is 3.88. The van der Waals surface area contributed by atoms with Gasteiger partial charge in [0.1, 0.15) is 5.40 Å². The molecule has 0 unspecified atom stereocenters. The molecule has 1 aromatic rings. The molecule has 0 aliphatic heterocycles. The number of nitrogens with zero attached hydrogens (tertiary/aromatic N) is 1. The Labute approximate surface area is 114 Å². The molecule has 0 saturated heterocycles. The predicted molar refractivity (Wildman–Crippen MR) is 73.6 cm³/mol. The van der Waals surface area contributed by atoms with Gasteiger partial charge in [-0.1, -0.05) is 15.9 Å². The highest BCUT2D eigenvalue weighted by molar-refractivity contribution is 9.10. The maximum Gasteiger partial charge on any atom is 0.161 e. The summed E-state index contributed by atoms with van der Waals surface area (Å²) in [5.74, 6) is 2.30. The zero-order valence-electron chi connectivity index (χ0n) is 9.83. The molecule has 3 nitrogen and oxygen atoms in total. The standard InChI is InChI=1S/C12H14BrNO2S/c1-15-11-6-9(4-3-5-17-8-14)10(13)7-12(11)16-2/h6-7H,3-5H2,1-2H3. The third-order valence-corrected chi connectivity index (χ3v) is 3.67. The number of ether oxygens (including phenoxy) is 2. The fourth-order valence-electron chi connectivity index (χ4n) is 1.47.